The van der Waals surface area contributed by atoms with Crippen LogP contribution in [0.1, 0.15) is 44.4 Å². The first kappa shape index (κ1) is 27.3. The normalized spacial score (nSPS) is 11.3. The second-order valence-corrected chi connectivity index (χ2v) is 10.1. The fourth-order valence-electron chi connectivity index (χ4n) is 5.71. The van der Waals surface area contributed by atoms with Crippen molar-refractivity contribution in [3.63, 3.8) is 0 Å². The quantitative estimate of drug-likeness (QED) is 0.132. The van der Waals surface area contributed by atoms with Gasteiger partial charge in [-0.1, -0.05) is 91.0 Å². The molecule has 5 rings (SSSR count). The summed E-state index contributed by atoms with van der Waals surface area (Å²) in [6.45, 7) is 12.9. The maximum absolute atomic E-state index is 2.39. The summed E-state index contributed by atoms with van der Waals surface area (Å²) in [7, 11) is 0. The van der Waals surface area contributed by atoms with Gasteiger partial charge in [-0.25, -0.2) is 0 Å². The van der Waals surface area contributed by atoms with Gasteiger partial charge < -0.3 is 9.80 Å². The highest BCUT2D eigenvalue weighted by Gasteiger charge is 2.09. The van der Waals surface area contributed by atoms with Crippen molar-refractivity contribution in [3.05, 3.63) is 132 Å². The SMILES string of the molecule is CCN(CC)c1ccc(C(=C/C=C/c2c3ccccc3cc3ccccc23)c2ccc(N(CC)CC)cc2)cc1. The van der Waals surface area contributed by atoms with Gasteiger partial charge in [0.1, 0.15) is 0 Å². The molecule has 0 amide bonds. The Labute approximate surface area is 239 Å². The Bertz CT molecular complexity index is 1510. The number of allylic oxidation sites excluding steroid dienone is 2. The fraction of sp³-hybridized carbons (Fsp3) is 0.211. The van der Waals surface area contributed by atoms with Gasteiger partial charge in [-0.05, 0) is 102 Å². The summed E-state index contributed by atoms with van der Waals surface area (Å²) in [4.78, 5) is 4.77. The van der Waals surface area contributed by atoms with Crippen molar-refractivity contribution >= 4 is 44.6 Å². The maximum atomic E-state index is 2.39. The molecule has 0 heterocycles. The number of anilines is 2. The van der Waals surface area contributed by atoms with Crippen LogP contribution in [-0.2, 0) is 0 Å². The van der Waals surface area contributed by atoms with Crippen molar-refractivity contribution in [1.29, 1.82) is 0 Å². The molecule has 40 heavy (non-hydrogen) atoms. The number of nitrogens with zero attached hydrogens (tertiary/aromatic N) is 2. The van der Waals surface area contributed by atoms with Gasteiger partial charge in [-0.3, -0.25) is 0 Å². The highest BCUT2D eigenvalue weighted by Crippen LogP contribution is 2.31. The predicted octanol–water partition coefficient (Wildman–Crippen LogP) is 9.83. The second kappa shape index (κ2) is 12.7. The number of rotatable bonds is 10. The Morgan fingerprint density at radius 3 is 1.40 bits per heavy atom. The van der Waals surface area contributed by atoms with E-state index in [9.17, 15) is 0 Å². The zero-order valence-corrected chi connectivity index (χ0v) is 24.3. The summed E-state index contributed by atoms with van der Waals surface area (Å²) >= 11 is 0. The molecule has 0 aliphatic carbocycles. The molecule has 0 bridgehead atoms. The molecule has 0 spiro atoms. The van der Waals surface area contributed by atoms with E-state index in [0.717, 1.165) is 26.2 Å². The van der Waals surface area contributed by atoms with Crippen LogP contribution in [0.2, 0.25) is 0 Å². The van der Waals surface area contributed by atoms with E-state index >= 15 is 0 Å². The average molecular weight is 525 g/mol. The summed E-state index contributed by atoms with van der Waals surface area (Å²) in [6.07, 6.45) is 6.77. The standard InChI is InChI=1S/C38H40N2/c1-5-39(6-2)33-24-20-29(21-25-33)35(30-22-26-34(27-23-30)40(7-3)8-4)18-13-19-38-36-16-11-9-14-31(36)28-32-15-10-12-17-37(32)38/h9-28H,5-8H2,1-4H3/b19-13+. The van der Waals surface area contributed by atoms with Crippen molar-refractivity contribution in [2.45, 2.75) is 27.7 Å². The number of fused-ring (bicyclic) bond motifs is 2. The van der Waals surface area contributed by atoms with Gasteiger partial charge in [0.15, 0.2) is 0 Å². The highest BCUT2D eigenvalue weighted by atomic mass is 15.1. The highest BCUT2D eigenvalue weighted by molar-refractivity contribution is 6.06. The first-order valence-corrected chi connectivity index (χ1v) is 14.7. The minimum atomic E-state index is 1.01. The maximum Gasteiger partial charge on any atom is 0.0366 e. The molecule has 0 saturated carbocycles. The van der Waals surface area contributed by atoms with E-state index in [1.54, 1.807) is 0 Å². The summed E-state index contributed by atoms with van der Waals surface area (Å²) < 4.78 is 0. The van der Waals surface area contributed by atoms with Gasteiger partial charge in [0.25, 0.3) is 0 Å². The molecule has 0 aromatic heterocycles. The topological polar surface area (TPSA) is 6.48 Å². The van der Waals surface area contributed by atoms with Crippen LogP contribution in [-0.4, -0.2) is 26.2 Å². The van der Waals surface area contributed by atoms with Crippen LogP contribution in [0.4, 0.5) is 11.4 Å². The smallest absolute Gasteiger partial charge is 0.0366 e. The Morgan fingerprint density at radius 2 is 0.975 bits per heavy atom. The van der Waals surface area contributed by atoms with Crippen molar-refractivity contribution in [3.8, 4) is 0 Å². The average Bonchev–Trinajstić information content (AvgIpc) is 3.01. The van der Waals surface area contributed by atoms with Gasteiger partial charge in [0.2, 0.25) is 0 Å². The van der Waals surface area contributed by atoms with Gasteiger partial charge in [0.05, 0.1) is 0 Å². The van der Waals surface area contributed by atoms with E-state index in [4.69, 9.17) is 0 Å². The predicted molar refractivity (Wildman–Crippen MR) is 178 cm³/mol. The van der Waals surface area contributed by atoms with Crippen LogP contribution < -0.4 is 9.80 Å². The third-order valence-corrected chi connectivity index (χ3v) is 7.95. The Hall–Kier alpha value is -4.30. The zero-order chi connectivity index (χ0) is 27.9. The van der Waals surface area contributed by atoms with Crippen LogP contribution in [0.15, 0.2) is 115 Å². The number of hydrogen-bond acceptors (Lipinski definition) is 2. The molecule has 0 unspecified atom stereocenters. The Balaban J connectivity index is 1.59. The van der Waals surface area contributed by atoms with E-state index in [0.29, 0.717) is 0 Å². The molecule has 0 N–H and O–H groups in total. The first-order valence-electron chi connectivity index (χ1n) is 14.7. The minimum absolute atomic E-state index is 1.01. The molecule has 2 heteroatoms. The molecular weight excluding hydrogens is 484 g/mol. The van der Waals surface area contributed by atoms with Crippen molar-refractivity contribution < 1.29 is 0 Å². The Morgan fingerprint density at radius 1 is 0.550 bits per heavy atom. The van der Waals surface area contributed by atoms with Crippen molar-refractivity contribution in [1.82, 2.24) is 0 Å². The molecule has 0 aliphatic heterocycles. The third kappa shape index (κ3) is 5.67. The Kier molecular flexibility index (Phi) is 8.66. The van der Waals surface area contributed by atoms with Crippen LogP contribution in [0.5, 0.6) is 0 Å². The molecule has 202 valence electrons. The minimum Gasteiger partial charge on any atom is -0.372 e. The number of benzene rings is 5. The van der Waals surface area contributed by atoms with Crippen LogP contribution in [0.25, 0.3) is 33.2 Å². The summed E-state index contributed by atoms with van der Waals surface area (Å²) in [6, 6.07) is 37.7. The van der Waals surface area contributed by atoms with E-state index in [-0.39, 0.29) is 0 Å². The molecule has 0 radical (unpaired) electrons. The van der Waals surface area contributed by atoms with E-state index < -0.39 is 0 Å². The summed E-state index contributed by atoms with van der Waals surface area (Å²) in [5, 5.41) is 5.09. The van der Waals surface area contributed by atoms with Gasteiger partial charge in [0, 0.05) is 37.6 Å². The second-order valence-electron chi connectivity index (χ2n) is 10.1. The monoisotopic (exact) mass is 524 g/mol. The molecule has 0 saturated heterocycles. The molecule has 0 atom stereocenters. The fourth-order valence-corrected chi connectivity index (χ4v) is 5.71. The summed E-state index contributed by atoms with van der Waals surface area (Å²) in [5.74, 6) is 0. The lowest BCUT2D eigenvalue weighted by molar-refractivity contribution is 0.866. The lowest BCUT2D eigenvalue weighted by Gasteiger charge is -2.22. The molecule has 5 aromatic rings. The molecular formula is C38H40N2. The van der Waals surface area contributed by atoms with Crippen molar-refractivity contribution in [2.24, 2.45) is 0 Å². The molecule has 0 aliphatic rings. The molecule has 0 fully saturated rings. The van der Waals surface area contributed by atoms with Crippen LogP contribution >= 0.6 is 0 Å². The van der Waals surface area contributed by atoms with Crippen LogP contribution in [0.3, 0.4) is 0 Å². The van der Waals surface area contributed by atoms with Crippen LogP contribution in [0, 0.1) is 0 Å². The zero-order valence-electron chi connectivity index (χ0n) is 24.3. The third-order valence-electron chi connectivity index (χ3n) is 7.95. The molecule has 5 aromatic carbocycles. The van der Waals surface area contributed by atoms with E-state index in [1.165, 1.54) is 55.2 Å². The lowest BCUT2D eigenvalue weighted by Crippen LogP contribution is -2.21. The molecule has 2 nitrogen and oxygen atoms in total. The van der Waals surface area contributed by atoms with Gasteiger partial charge in [-0.15, -0.1) is 0 Å². The van der Waals surface area contributed by atoms with E-state index in [2.05, 4.69) is 159 Å². The first-order chi connectivity index (χ1) is 19.7. The summed E-state index contributed by atoms with van der Waals surface area (Å²) in [5.41, 5.74) is 7.46. The largest absolute Gasteiger partial charge is 0.372 e. The van der Waals surface area contributed by atoms with Gasteiger partial charge >= 0.3 is 0 Å². The van der Waals surface area contributed by atoms with Gasteiger partial charge in [-0.2, -0.15) is 0 Å². The van der Waals surface area contributed by atoms with Crippen molar-refractivity contribution in [2.75, 3.05) is 36.0 Å². The lowest BCUT2D eigenvalue weighted by atomic mass is 9.95. The van der Waals surface area contributed by atoms with E-state index in [1.807, 2.05) is 0 Å². The number of hydrogen-bond donors (Lipinski definition) is 0.